The molecule has 12 heavy (non-hydrogen) atoms. The molecule has 0 aliphatic rings. The monoisotopic (exact) mass is 184 g/mol. The van der Waals surface area contributed by atoms with Crippen molar-refractivity contribution in [1.29, 1.82) is 0 Å². The molecule has 0 saturated heterocycles. The number of benzene rings is 1. The van der Waals surface area contributed by atoms with Gasteiger partial charge < -0.3 is 0 Å². The zero-order chi connectivity index (χ0) is 9.14. The van der Waals surface area contributed by atoms with Crippen molar-refractivity contribution in [3.63, 3.8) is 0 Å². The van der Waals surface area contributed by atoms with Gasteiger partial charge in [0.1, 0.15) is 5.82 Å². The van der Waals surface area contributed by atoms with Crippen molar-refractivity contribution in [2.45, 2.75) is 13.8 Å². The first-order valence-corrected chi connectivity index (χ1v) is 4.11. The quantitative estimate of drug-likeness (QED) is 0.621. The maximum atomic E-state index is 13.1. The van der Waals surface area contributed by atoms with Crippen LogP contribution in [-0.4, -0.2) is 0 Å². The van der Waals surface area contributed by atoms with Crippen LogP contribution in [0, 0.1) is 5.82 Å². The van der Waals surface area contributed by atoms with E-state index >= 15 is 0 Å². The molecule has 0 nitrogen and oxygen atoms in total. The van der Waals surface area contributed by atoms with E-state index in [0.717, 1.165) is 5.57 Å². The largest absolute Gasteiger partial charge is 0.206 e. The van der Waals surface area contributed by atoms with Crippen molar-refractivity contribution >= 4 is 17.2 Å². The Morgan fingerprint density at radius 2 is 2.17 bits per heavy atom. The molecule has 1 aromatic carbocycles. The normalized spacial score (nSPS) is 11.8. The van der Waals surface area contributed by atoms with Gasteiger partial charge in [-0.1, -0.05) is 17.7 Å². The first-order valence-electron chi connectivity index (χ1n) is 3.73. The van der Waals surface area contributed by atoms with Gasteiger partial charge in [0.2, 0.25) is 0 Å². The molecule has 2 heteroatoms. The van der Waals surface area contributed by atoms with Gasteiger partial charge in [-0.2, -0.15) is 0 Å². The molecule has 0 heterocycles. The molecule has 0 bridgehead atoms. The van der Waals surface area contributed by atoms with Crippen molar-refractivity contribution in [2.24, 2.45) is 0 Å². The van der Waals surface area contributed by atoms with E-state index in [9.17, 15) is 4.39 Å². The Kier molecular flexibility index (Phi) is 2.88. The standard InChI is InChI=1S/C10H10ClF/c1-3-7(2)9-6-8(11)4-5-10(9)12/h3-6H,1-2H3. The van der Waals surface area contributed by atoms with Crippen LogP contribution in [0.4, 0.5) is 4.39 Å². The highest BCUT2D eigenvalue weighted by Crippen LogP contribution is 2.21. The summed E-state index contributed by atoms with van der Waals surface area (Å²) in [6.07, 6.45) is 1.86. The van der Waals surface area contributed by atoms with Gasteiger partial charge in [0.25, 0.3) is 0 Å². The highest BCUT2D eigenvalue weighted by molar-refractivity contribution is 6.30. The Morgan fingerprint density at radius 1 is 1.50 bits per heavy atom. The summed E-state index contributed by atoms with van der Waals surface area (Å²) in [4.78, 5) is 0. The SMILES string of the molecule is CC=C(C)c1cc(Cl)ccc1F. The minimum absolute atomic E-state index is 0.227. The summed E-state index contributed by atoms with van der Waals surface area (Å²) >= 11 is 5.72. The van der Waals surface area contributed by atoms with Crippen molar-refractivity contribution in [1.82, 2.24) is 0 Å². The Labute approximate surface area is 76.7 Å². The fourth-order valence-electron chi connectivity index (χ4n) is 0.955. The van der Waals surface area contributed by atoms with Crippen molar-refractivity contribution in [3.8, 4) is 0 Å². The Balaban J connectivity index is 3.23. The Morgan fingerprint density at radius 3 is 2.75 bits per heavy atom. The van der Waals surface area contributed by atoms with Gasteiger partial charge in [0, 0.05) is 10.6 Å². The van der Waals surface area contributed by atoms with Crippen LogP contribution in [0.15, 0.2) is 24.3 Å². The molecule has 0 fully saturated rings. The van der Waals surface area contributed by atoms with Crippen LogP contribution in [0.1, 0.15) is 19.4 Å². The molecule has 0 aliphatic carbocycles. The molecule has 0 radical (unpaired) electrons. The maximum absolute atomic E-state index is 13.1. The van der Waals surface area contributed by atoms with Gasteiger partial charge in [-0.3, -0.25) is 0 Å². The van der Waals surface area contributed by atoms with Gasteiger partial charge in [0.15, 0.2) is 0 Å². The number of hydrogen-bond acceptors (Lipinski definition) is 0. The van der Waals surface area contributed by atoms with Gasteiger partial charge >= 0.3 is 0 Å². The number of halogens is 2. The topological polar surface area (TPSA) is 0 Å². The van der Waals surface area contributed by atoms with E-state index in [0.29, 0.717) is 10.6 Å². The first-order chi connectivity index (χ1) is 5.65. The Hall–Kier alpha value is -0.820. The third-order valence-corrected chi connectivity index (χ3v) is 2.02. The van der Waals surface area contributed by atoms with Crippen molar-refractivity contribution < 1.29 is 4.39 Å². The van der Waals surface area contributed by atoms with E-state index in [4.69, 9.17) is 11.6 Å². The second-order valence-electron chi connectivity index (χ2n) is 2.60. The summed E-state index contributed by atoms with van der Waals surface area (Å²) in [6, 6.07) is 4.56. The molecule has 0 unspecified atom stereocenters. The lowest BCUT2D eigenvalue weighted by atomic mass is 10.1. The predicted octanol–water partition coefficient (Wildman–Crippen LogP) is 3.90. The van der Waals surface area contributed by atoms with E-state index < -0.39 is 0 Å². The number of hydrogen-bond donors (Lipinski definition) is 0. The molecular weight excluding hydrogens is 175 g/mol. The lowest BCUT2D eigenvalue weighted by molar-refractivity contribution is 0.624. The lowest BCUT2D eigenvalue weighted by Crippen LogP contribution is -1.85. The van der Waals surface area contributed by atoms with Gasteiger partial charge in [0.05, 0.1) is 0 Å². The molecule has 64 valence electrons. The second-order valence-corrected chi connectivity index (χ2v) is 3.03. The van der Waals surface area contributed by atoms with E-state index in [2.05, 4.69) is 0 Å². The van der Waals surface area contributed by atoms with Crippen molar-refractivity contribution in [2.75, 3.05) is 0 Å². The lowest BCUT2D eigenvalue weighted by Gasteiger charge is -2.02. The smallest absolute Gasteiger partial charge is 0.130 e. The average Bonchev–Trinajstić information content (AvgIpc) is 2.08. The molecule has 1 rings (SSSR count). The fourth-order valence-corrected chi connectivity index (χ4v) is 1.13. The second kappa shape index (κ2) is 3.72. The van der Waals surface area contributed by atoms with E-state index in [1.54, 1.807) is 12.1 Å². The molecule has 0 spiro atoms. The summed E-state index contributed by atoms with van der Waals surface area (Å²) in [5.41, 5.74) is 1.47. The third-order valence-electron chi connectivity index (χ3n) is 1.79. The van der Waals surface area contributed by atoms with Crippen LogP contribution in [0.25, 0.3) is 5.57 Å². The molecular formula is C10H10ClF. The zero-order valence-corrected chi connectivity index (χ0v) is 7.82. The minimum Gasteiger partial charge on any atom is -0.206 e. The summed E-state index contributed by atoms with van der Waals surface area (Å²) in [6.45, 7) is 3.73. The van der Waals surface area contributed by atoms with Crippen LogP contribution < -0.4 is 0 Å². The number of allylic oxidation sites excluding steroid dienone is 2. The van der Waals surface area contributed by atoms with Gasteiger partial charge in [-0.05, 0) is 37.6 Å². The summed E-state index contributed by atoms with van der Waals surface area (Å²) in [7, 11) is 0. The molecule has 0 aliphatic heterocycles. The van der Waals surface area contributed by atoms with Crippen LogP contribution in [0.5, 0.6) is 0 Å². The highest BCUT2D eigenvalue weighted by Gasteiger charge is 2.03. The fraction of sp³-hybridized carbons (Fsp3) is 0.200. The number of rotatable bonds is 1. The van der Waals surface area contributed by atoms with Crippen LogP contribution >= 0.6 is 11.6 Å². The molecule has 0 atom stereocenters. The molecule has 0 N–H and O–H groups in total. The van der Waals surface area contributed by atoms with Gasteiger partial charge in [-0.15, -0.1) is 0 Å². The molecule has 0 aromatic heterocycles. The average molecular weight is 185 g/mol. The summed E-state index contributed by atoms with van der Waals surface area (Å²) < 4.78 is 13.1. The van der Waals surface area contributed by atoms with E-state index in [1.807, 2.05) is 19.9 Å². The molecule has 0 saturated carbocycles. The van der Waals surface area contributed by atoms with Gasteiger partial charge in [-0.25, -0.2) is 4.39 Å². The van der Waals surface area contributed by atoms with E-state index in [-0.39, 0.29) is 5.82 Å². The molecule has 0 amide bonds. The third kappa shape index (κ3) is 1.86. The van der Waals surface area contributed by atoms with Crippen molar-refractivity contribution in [3.05, 3.63) is 40.7 Å². The highest BCUT2D eigenvalue weighted by atomic mass is 35.5. The van der Waals surface area contributed by atoms with Crippen LogP contribution in [0.2, 0.25) is 5.02 Å². The predicted molar refractivity (Wildman–Crippen MR) is 50.7 cm³/mol. The maximum Gasteiger partial charge on any atom is 0.130 e. The first kappa shape index (κ1) is 9.27. The summed E-state index contributed by atoms with van der Waals surface area (Å²) in [5, 5.41) is 0.563. The zero-order valence-electron chi connectivity index (χ0n) is 7.07. The van der Waals surface area contributed by atoms with Crippen LogP contribution in [-0.2, 0) is 0 Å². The van der Waals surface area contributed by atoms with Crippen LogP contribution in [0.3, 0.4) is 0 Å². The minimum atomic E-state index is -0.227. The van der Waals surface area contributed by atoms with E-state index in [1.165, 1.54) is 6.07 Å². The Bertz CT molecular complexity index is 316. The molecule has 1 aromatic rings. The summed E-state index contributed by atoms with van der Waals surface area (Å²) in [5.74, 6) is -0.227.